The van der Waals surface area contributed by atoms with Gasteiger partial charge in [0.15, 0.2) is 12.4 Å². The molecule has 0 bridgehead atoms. The van der Waals surface area contributed by atoms with Crippen LogP contribution in [0.2, 0.25) is 0 Å². The molecule has 156 valence electrons. The summed E-state index contributed by atoms with van der Waals surface area (Å²) in [5.74, 6) is 1.12. The SMILES string of the molecule is CC(C)CCN1CCN(C(=O)COc2cccc(NC(=O)c3ccco3)c2)CC1. The summed E-state index contributed by atoms with van der Waals surface area (Å²) in [7, 11) is 0. The van der Waals surface area contributed by atoms with Gasteiger partial charge in [-0.25, -0.2) is 0 Å². The zero-order valence-corrected chi connectivity index (χ0v) is 17.1. The molecule has 1 fully saturated rings. The summed E-state index contributed by atoms with van der Waals surface area (Å²) in [4.78, 5) is 28.8. The minimum Gasteiger partial charge on any atom is -0.484 e. The predicted octanol–water partition coefficient (Wildman–Crippen LogP) is 3.10. The number of hydrogen-bond acceptors (Lipinski definition) is 5. The first-order valence-electron chi connectivity index (χ1n) is 10.1. The Morgan fingerprint density at radius 3 is 2.62 bits per heavy atom. The number of ether oxygens (including phenoxy) is 1. The van der Waals surface area contributed by atoms with Crippen molar-refractivity contribution in [3.05, 3.63) is 48.4 Å². The molecule has 0 atom stereocenters. The Hall–Kier alpha value is -2.80. The van der Waals surface area contributed by atoms with E-state index in [0.29, 0.717) is 17.4 Å². The number of hydrogen-bond donors (Lipinski definition) is 1. The van der Waals surface area contributed by atoms with E-state index in [1.807, 2.05) is 4.90 Å². The van der Waals surface area contributed by atoms with Gasteiger partial charge in [0.05, 0.1) is 6.26 Å². The highest BCUT2D eigenvalue weighted by molar-refractivity contribution is 6.02. The highest BCUT2D eigenvalue weighted by Crippen LogP contribution is 2.18. The third kappa shape index (κ3) is 6.35. The van der Waals surface area contributed by atoms with Gasteiger partial charge in [-0.05, 0) is 43.1 Å². The van der Waals surface area contributed by atoms with E-state index in [1.165, 1.54) is 12.7 Å². The maximum absolute atomic E-state index is 12.5. The fourth-order valence-corrected chi connectivity index (χ4v) is 3.16. The quantitative estimate of drug-likeness (QED) is 0.738. The Bertz CT molecular complexity index is 796. The minimum atomic E-state index is -0.335. The second-order valence-corrected chi connectivity index (χ2v) is 7.65. The molecule has 0 saturated carbocycles. The largest absolute Gasteiger partial charge is 0.484 e. The van der Waals surface area contributed by atoms with Gasteiger partial charge in [-0.15, -0.1) is 0 Å². The Balaban J connectivity index is 1.44. The molecule has 0 radical (unpaired) electrons. The van der Waals surface area contributed by atoms with E-state index in [9.17, 15) is 9.59 Å². The molecule has 2 heterocycles. The molecule has 29 heavy (non-hydrogen) atoms. The molecule has 1 aliphatic heterocycles. The number of benzene rings is 1. The smallest absolute Gasteiger partial charge is 0.291 e. The summed E-state index contributed by atoms with van der Waals surface area (Å²) >= 11 is 0. The van der Waals surface area contributed by atoms with Crippen LogP contribution >= 0.6 is 0 Å². The van der Waals surface area contributed by atoms with Crippen molar-refractivity contribution in [2.75, 3.05) is 44.6 Å². The molecule has 0 aliphatic carbocycles. The molecule has 2 amide bonds. The molecule has 1 aliphatic rings. The van der Waals surface area contributed by atoms with Crippen LogP contribution in [0.5, 0.6) is 5.75 Å². The van der Waals surface area contributed by atoms with Gasteiger partial charge in [0.25, 0.3) is 11.8 Å². The van der Waals surface area contributed by atoms with Crippen molar-refractivity contribution in [3.63, 3.8) is 0 Å². The van der Waals surface area contributed by atoms with E-state index >= 15 is 0 Å². The monoisotopic (exact) mass is 399 g/mol. The Morgan fingerprint density at radius 1 is 1.14 bits per heavy atom. The number of rotatable bonds is 8. The Kier molecular flexibility index (Phi) is 7.30. The van der Waals surface area contributed by atoms with E-state index in [-0.39, 0.29) is 24.2 Å². The fraction of sp³-hybridized carbons (Fsp3) is 0.455. The topological polar surface area (TPSA) is 75.0 Å². The number of anilines is 1. The summed E-state index contributed by atoms with van der Waals surface area (Å²) in [5.41, 5.74) is 0.579. The maximum atomic E-state index is 12.5. The normalized spacial score (nSPS) is 14.8. The Labute approximate surface area is 171 Å². The number of nitrogens with zero attached hydrogens (tertiary/aromatic N) is 2. The van der Waals surface area contributed by atoms with Crippen LogP contribution in [0.25, 0.3) is 0 Å². The molecule has 2 aromatic rings. The van der Waals surface area contributed by atoms with E-state index in [0.717, 1.165) is 32.7 Å². The minimum absolute atomic E-state index is 0.0123. The molecule has 3 rings (SSSR count). The number of carbonyl (C=O) groups excluding carboxylic acids is 2. The van der Waals surface area contributed by atoms with Crippen LogP contribution in [0.15, 0.2) is 47.1 Å². The van der Waals surface area contributed by atoms with Crippen LogP contribution in [-0.4, -0.2) is 60.9 Å². The van der Waals surface area contributed by atoms with Crippen LogP contribution in [0.3, 0.4) is 0 Å². The van der Waals surface area contributed by atoms with E-state index in [2.05, 4.69) is 24.1 Å². The second kappa shape index (κ2) is 10.1. The van der Waals surface area contributed by atoms with Gasteiger partial charge in [0.2, 0.25) is 0 Å². The first-order chi connectivity index (χ1) is 14.0. The molecular formula is C22H29N3O4. The van der Waals surface area contributed by atoms with Crippen LogP contribution in [-0.2, 0) is 4.79 Å². The maximum Gasteiger partial charge on any atom is 0.291 e. The lowest BCUT2D eigenvalue weighted by molar-refractivity contribution is -0.135. The van der Waals surface area contributed by atoms with Crippen molar-refractivity contribution >= 4 is 17.5 Å². The van der Waals surface area contributed by atoms with Gasteiger partial charge in [0.1, 0.15) is 5.75 Å². The standard InChI is InChI=1S/C22H29N3O4/c1-17(2)8-9-24-10-12-25(13-11-24)21(26)16-29-19-6-3-5-18(15-19)23-22(27)20-7-4-14-28-20/h3-7,14-15,17H,8-13,16H2,1-2H3,(H,23,27). The zero-order valence-electron chi connectivity index (χ0n) is 17.1. The molecule has 1 aromatic carbocycles. The van der Waals surface area contributed by atoms with Crippen molar-refractivity contribution in [1.82, 2.24) is 9.80 Å². The van der Waals surface area contributed by atoms with Gasteiger partial charge in [-0.3, -0.25) is 14.5 Å². The number of furan rings is 1. The third-order valence-corrected chi connectivity index (χ3v) is 4.95. The molecule has 1 N–H and O–H groups in total. The number of piperazine rings is 1. The van der Waals surface area contributed by atoms with Gasteiger partial charge in [-0.1, -0.05) is 19.9 Å². The second-order valence-electron chi connectivity index (χ2n) is 7.65. The highest BCUT2D eigenvalue weighted by Gasteiger charge is 2.21. The summed E-state index contributed by atoms with van der Waals surface area (Å²) in [6.45, 7) is 8.83. The van der Waals surface area contributed by atoms with E-state index < -0.39 is 0 Å². The number of nitrogens with one attached hydrogen (secondary N) is 1. The molecule has 0 unspecified atom stereocenters. The van der Waals surface area contributed by atoms with Crippen LogP contribution < -0.4 is 10.1 Å². The average molecular weight is 399 g/mol. The van der Waals surface area contributed by atoms with Crippen molar-refractivity contribution in [3.8, 4) is 5.75 Å². The van der Waals surface area contributed by atoms with Crippen LogP contribution in [0.4, 0.5) is 5.69 Å². The van der Waals surface area contributed by atoms with Crippen LogP contribution in [0.1, 0.15) is 30.8 Å². The molecule has 7 heteroatoms. The van der Waals surface area contributed by atoms with Crippen molar-refractivity contribution in [2.24, 2.45) is 5.92 Å². The van der Waals surface area contributed by atoms with Crippen molar-refractivity contribution in [1.29, 1.82) is 0 Å². The molecule has 7 nitrogen and oxygen atoms in total. The van der Waals surface area contributed by atoms with Crippen molar-refractivity contribution in [2.45, 2.75) is 20.3 Å². The van der Waals surface area contributed by atoms with Crippen LogP contribution in [0, 0.1) is 5.92 Å². The van der Waals surface area contributed by atoms with E-state index in [1.54, 1.807) is 36.4 Å². The number of carbonyl (C=O) groups is 2. The summed E-state index contributed by atoms with van der Waals surface area (Å²) < 4.78 is 10.7. The Morgan fingerprint density at radius 2 is 1.93 bits per heavy atom. The van der Waals surface area contributed by atoms with Crippen molar-refractivity contribution < 1.29 is 18.7 Å². The molecular weight excluding hydrogens is 370 g/mol. The van der Waals surface area contributed by atoms with Gasteiger partial charge in [-0.2, -0.15) is 0 Å². The molecule has 1 aromatic heterocycles. The van der Waals surface area contributed by atoms with Gasteiger partial charge < -0.3 is 19.4 Å². The van der Waals surface area contributed by atoms with Gasteiger partial charge in [0, 0.05) is 37.9 Å². The third-order valence-electron chi connectivity index (χ3n) is 4.95. The molecule has 1 saturated heterocycles. The summed E-state index contributed by atoms with van der Waals surface area (Å²) in [5, 5.41) is 2.75. The lowest BCUT2D eigenvalue weighted by Crippen LogP contribution is -2.50. The average Bonchev–Trinajstić information content (AvgIpc) is 3.26. The predicted molar refractivity (Wildman–Crippen MR) is 111 cm³/mol. The summed E-state index contributed by atoms with van der Waals surface area (Å²) in [6.07, 6.45) is 2.63. The lowest BCUT2D eigenvalue weighted by Gasteiger charge is -2.35. The highest BCUT2D eigenvalue weighted by atomic mass is 16.5. The van der Waals surface area contributed by atoms with E-state index in [4.69, 9.17) is 9.15 Å². The molecule has 0 spiro atoms. The lowest BCUT2D eigenvalue weighted by atomic mass is 10.1. The first-order valence-corrected chi connectivity index (χ1v) is 10.1. The summed E-state index contributed by atoms with van der Waals surface area (Å²) in [6, 6.07) is 10.2. The first kappa shape index (κ1) is 20.9. The number of amides is 2. The zero-order chi connectivity index (χ0) is 20.6. The fourth-order valence-electron chi connectivity index (χ4n) is 3.16. The van der Waals surface area contributed by atoms with Gasteiger partial charge >= 0.3 is 0 Å².